The maximum atomic E-state index is 2.69. The lowest BCUT2D eigenvalue weighted by Crippen LogP contribution is -2.42. The molecule has 1 atom stereocenters. The summed E-state index contributed by atoms with van der Waals surface area (Å²) in [5.74, 6) is 2.00. The van der Waals surface area contributed by atoms with Crippen molar-refractivity contribution in [3.63, 3.8) is 0 Å². The molecule has 0 amide bonds. The maximum absolute atomic E-state index is 2.69. The van der Waals surface area contributed by atoms with Crippen molar-refractivity contribution < 1.29 is 0 Å². The first-order valence-corrected chi connectivity index (χ1v) is 9.10. The summed E-state index contributed by atoms with van der Waals surface area (Å²) in [5.41, 5.74) is 1.48. The number of allylic oxidation sites excluding steroid dienone is 6. The molecule has 0 aromatic rings. The van der Waals surface area contributed by atoms with Gasteiger partial charge in [0.15, 0.2) is 0 Å². The van der Waals surface area contributed by atoms with Crippen molar-refractivity contribution in [2.24, 2.45) is 5.92 Å². The Bertz CT molecular complexity index is 502. The van der Waals surface area contributed by atoms with Crippen LogP contribution in [-0.2, 0) is 0 Å². The van der Waals surface area contributed by atoms with Gasteiger partial charge in [0, 0.05) is 10.7 Å². The van der Waals surface area contributed by atoms with Crippen molar-refractivity contribution in [3.05, 3.63) is 59.1 Å². The number of piperidine rings is 1. The summed E-state index contributed by atoms with van der Waals surface area (Å²) in [6.07, 6.45) is 21.8. The number of hydrogen-bond acceptors (Lipinski definition) is 2. The van der Waals surface area contributed by atoms with Crippen molar-refractivity contribution in [2.45, 2.75) is 32.2 Å². The summed E-state index contributed by atoms with van der Waals surface area (Å²) in [6.45, 7) is 4.84. The zero-order chi connectivity index (χ0) is 14.5. The Kier molecular flexibility index (Phi) is 5.21. The fourth-order valence-corrected chi connectivity index (χ4v) is 4.24. The summed E-state index contributed by atoms with van der Waals surface area (Å²) in [4.78, 5) is 4.21. The summed E-state index contributed by atoms with van der Waals surface area (Å²) in [6, 6.07) is 0.462. The fourth-order valence-electron chi connectivity index (χ4n) is 3.22. The largest absolute Gasteiger partial charge is 0.292 e. The van der Waals surface area contributed by atoms with E-state index in [2.05, 4.69) is 60.4 Å². The molecule has 1 unspecified atom stereocenters. The molecule has 1 saturated heterocycles. The van der Waals surface area contributed by atoms with Crippen molar-refractivity contribution in [3.8, 4) is 0 Å². The van der Waals surface area contributed by atoms with E-state index in [4.69, 9.17) is 0 Å². The third kappa shape index (κ3) is 3.81. The summed E-state index contributed by atoms with van der Waals surface area (Å²) in [5, 5.41) is 0. The summed E-state index contributed by atoms with van der Waals surface area (Å²) in [7, 11) is 0. The molecular formula is C19H25NS. The van der Waals surface area contributed by atoms with Crippen LogP contribution >= 0.6 is 11.8 Å². The van der Waals surface area contributed by atoms with Gasteiger partial charge in [0.25, 0.3) is 0 Å². The minimum Gasteiger partial charge on any atom is -0.292 e. The second kappa shape index (κ2) is 7.33. The normalized spacial score (nSPS) is 25.4. The van der Waals surface area contributed by atoms with E-state index in [1.165, 1.54) is 36.4 Å². The van der Waals surface area contributed by atoms with Crippen LogP contribution in [0.25, 0.3) is 0 Å². The number of nitrogens with zero attached hydrogens (tertiary/aromatic N) is 1. The molecule has 0 aromatic heterocycles. The summed E-state index contributed by atoms with van der Waals surface area (Å²) < 4.78 is 0. The van der Waals surface area contributed by atoms with Crippen LogP contribution in [0.1, 0.15) is 26.2 Å². The molecule has 1 aliphatic carbocycles. The fraction of sp³-hybridized carbons (Fsp3) is 0.474. The minimum absolute atomic E-state index is 0.462. The van der Waals surface area contributed by atoms with E-state index in [1.807, 2.05) is 11.8 Å². The molecule has 0 radical (unpaired) electrons. The van der Waals surface area contributed by atoms with Crippen molar-refractivity contribution >= 4 is 11.8 Å². The first kappa shape index (κ1) is 14.9. The van der Waals surface area contributed by atoms with E-state index in [9.17, 15) is 0 Å². The molecule has 112 valence electrons. The number of hydrogen-bond donors (Lipinski definition) is 0. The minimum atomic E-state index is 0.462. The van der Waals surface area contributed by atoms with Crippen LogP contribution < -0.4 is 0 Å². The van der Waals surface area contributed by atoms with Gasteiger partial charge in [-0.1, -0.05) is 55.5 Å². The molecule has 0 bridgehead atoms. The van der Waals surface area contributed by atoms with Gasteiger partial charge in [0.05, 0.1) is 6.04 Å². The molecule has 0 aromatic carbocycles. The molecule has 0 spiro atoms. The van der Waals surface area contributed by atoms with Gasteiger partial charge in [-0.25, -0.2) is 0 Å². The van der Waals surface area contributed by atoms with E-state index < -0.39 is 0 Å². The van der Waals surface area contributed by atoms with Crippen LogP contribution in [0.3, 0.4) is 0 Å². The lowest BCUT2D eigenvalue weighted by atomic mass is 9.95. The van der Waals surface area contributed by atoms with Gasteiger partial charge in [-0.15, -0.1) is 11.8 Å². The van der Waals surface area contributed by atoms with Gasteiger partial charge in [-0.3, -0.25) is 4.90 Å². The average Bonchev–Trinajstić information content (AvgIpc) is 2.80. The molecule has 1 nitrogen and oxygen atoms in total. The SMILES string of the molecule is CC1CCN(C(C2=CCC=CC=C2)C2=CC=CCS2)CC1. The average molecular weight is 299 g/mol. The molecule has 2 heteroatoms. The van der Waals surface area contributed by atoms with Crippen molar-refractivity contribution in [1.82, 2.24) is 4.90 Å². The maximum Gasteiger partial charge on any atom is 0.0658 e. The highest BCUT2D eigenvalue weighted by Crippen LogP contribution is 2.34. The smallest absolute Gasteiger partial charge is 0.0658 e. The van der Waals surface area contributed by atoms with Crippen molar-refractivity contribution in [1.29, 1.82) is 0 Å². The first-order chi connectivity index (χ1) is 10.3. The lowest BCUT2D eigenvalue weighted by molar-refractivity contribution is 0.176. The standard InChI is InChI=1S/C19H25NS/c1-16-11-13-20(14-12-16)19(18-10-6-7-15-21-18)17-8-4-2-3-5-9-17/h2-4,6-10,16,19H,5,11-15H2,1H3. The Labute approximate surface area is 133 Å². The lowest BCUT2D eigenvalue weighted by Gasteiger charge is -2.38. The van der Waals surface area contributed by atoms with Gasteiger partial charge < -0.3 is 0 Å². The number of rotatable bonds is 3. The Hall–Kier alpha value is -0.990. The van der Waals surface area contributed by atoms with Gasteiger partial charge in [-0.05, 0) is 43.8 Å². The van der Waals surface area contributed by atoms with Crippen LogP contribution in [0.5, 0.6) is 0 Å². The van der Waals surface area contributed by atoms with E-state index in [-0.39, 0.29) is 0 Å². The number of likely N-dealkylation sites (tertiary alicyclic amines) is 1. The molecule has 3 rings (SSSR count). The highest BCUT2D eigenvalue weighted by molar-refractivity contribution is 8.03. The Morgan fingerprint density at radius 1 is 1.14 bits per heavy atom. The molecule has 2 aliphatic heterocycles. The zero-order valence-corrected chi connectivity index (χ0v) is 13.7. The quantitative estimate of drug-likeness (QED) is 0.742. The van der Waals surface area contributed by atoms with Crippen LogP contribution in [-0.4, -0.2) is 29.8 Å². The molecular weight excluding hydrogens is 274 g/mol. The van der Waals surface area contributed by atoms with Gasteiger partial charge in [-0.2, -0.15) is 0 Å². The first-order valence-electron chi connectivity index (χ1n) is 8.11. The second-order valence-electron chi connectivity index (χ2n) is 6.16. The Balaban J connectivity index is 1.85. The Morgan fingerprint density at radius 3 is 2.76 bits per heavy atom. The van der Waals surface area contributed by atoms with Crippen LogP contribution in [0, 0.1) is 5.92 Å². The molecule has 3 aliphatic rings. The van der Waals surface area contributed by atoms with Crippen LogP contribution in [0.15, 0.2) is 59.1 Å². The topological polar surface area (TPSA) is 3.24 Å². The highest BCUT2D eigenvalue weighted by Gasteiger charge is 2.28. The Morgan fingerprint density at radius 2 is 2.00 bits per heavy atom. The third-order valence-corrected chi connectivity index (χ3v) is 5.59. The molecule has 1 fully saturated rings. The highest BCUT2D eigenvalue weighted by atomic mass is 32.2. The molecule has 0 N–H and O–H groups in total. The van der Waals surface area contributed by atoms with Gasteiger partial charge >= 0.3 is 0 Å². The summed E-state index contributed by atoms with van der Waals surface area (Å²) >= 11 is 2.00. The van der Waals surface area contributed by atoms with E-state index in [0.29, 0.717) is 6.04 Å². The van der Waals surface area contributed by atoms with Crippen molar-refractivity contribution in [2.75, 3.05) is 18.8 Å². The zero-order valence-electron chi connectivity index (χ0n) is 12.9. The van der Waals surface area contributed by atoms with Gasteiger partial charge in [0.1, 0.15) is 0 Å². The van der Waals surface area contributed by atoms with Gasteiger partial charge in [0.2, 0.25) is 0 Å². The van der Waals surface area contributed by atoms with Crippen LogP contribution in [0.2, 0.25) is 0 Å². The van der Waals surface area contributed by atoms with Crippen LogP contribution in [0.4, 0.5) is 0 Å². The monoisotopic (exact) mass is 299 g/mol. The number of thioether (sulfide) groups is 1. The van der Waals surface area contributed by atoms with E-state index >= 15 is 0 Å². The molecule has 2 heterocycles. The van der Waals surface area contributed by atoms with E-state index in [1.54, 1.807) is 0 Å². The second-order valence-corrected chi connectivity index (χ2v) is 7.25. The van der Waals surface area contributed by atoms with E-state index in [0.717, 1.165) is 18.1 Å². The third-order valence-electron chi connectivity index (χ3n) is 4.54. The molecule has 21 heavy (non-hydrogen) atoms. The predicted octanol–water partition coefficient (Wildman–Crippen LogP) is 4.72. The molecule has 0 saturated carbocycles. The predicted molar refractivity (Wildman–Crippen MR) is 94.4 cm³/mol.